The molecule has 2 N–H and O–H groups in total. The lowest BCUT2D eigenvalue weighted by molar-refractivity contribution is 0.0681. The van der Waals surface area contributed by atoms with Crippen molar-refractivity contribution in [3.05, 3.63) is 81.6 Å². The first-order valence-corrected chi connectivity index (χ1v) is 10.3. The zero-order chi connectivity index (χ0) is 21.3. The molecule has 30 heavy (non-hydrogen) atoms. The molecule has 1 heterocycles. The van der Waals surface area contributed by atoms with Gasteiger partial charge in [0.1, 0.15) is 5.75 Å². The highest BCUT2D eigenvalue weighted by Crippen LogP contribution is 2.39. The summed E-state index contributed by atoms with van der Waals surface area (Å²) < 4.78 is 6.91. The third-order valence-corrected chi connectivity index (χ3v) is 5.64. The van der Waals surface area contributed by atoms with Crippen LogP contribution in [0.3, 0.4) is 0 Å². The van der Waals surface area contributed by atoms with Gasteiger partial charge in [-0.2, -0.15) is 5.10 Å². The van der Waals surface area contributed by atoms with E-state index in [-0.39, 0.29) is 17.8 Å². The number of methoxy groups -OCH3 is 1. The fraction of sp³-hybridized carbons (Fsp3) is 0.304. The molecule has 1 aromatic heterocycles. The van der Waals surface area contributed by atoms with E-state index >= 15 is 0 Å². The van der Waals surface area contributed by atoms with Crippen molar-refractivity contribution >= 4 is 17.6 Å². The monoisotopic (exact) mass is 425 g/mol. The van der Waals surface area contributed by atoms with Crippen LogP contribution in [0, 0.1) is 6.92 Å². The van der Waals surface area contributed by atoms with E-state index in [0.717, 1.165) is 35.4 Å². The van der Waals surface area contributed by atoms with Crippen LogP contribution in [0.4, 0.5) is 0 Å². The summed E-state index contributed by atoms with van der Waals surface area (Å²) in [6, 6.07) is 15.1. The highest BCUT2D eigenvalue weighted by Gasteiger charge is 2.34. The van der Waals surface area contributed by atoms with Gasteiger partial charge in [0.25, 0.3) is 0 Å². The third-order valence-electron chi connectivity index (χ3n) is 5.39. The lowest BCUT2D eigenvalue weighted by Gasteiger charge is -2.21. The van der Waals surface area contributed by atoms with Crippen molar-refractivity contribution in [3.63, 3.8) is 0 Å². The topological polar surface area (TPSA) is 76.4 Å². The molecule has 0 spiro atoms. The molecule has 156 valence electrons. The SMILES string of the molecule is COc1ccc(CNC(c2ccc(Cl)cc2)c2c(C)nn(C3CC3)c2C(=O)O)cc1. The molecule has 0 radical (unpaired) electrons. The van der Waals surface area contributed by atoms with Crippen LogP contribution in [0.5, 0.6) is 5.75 Å². The molecule has 1 aliphatic rings. The minimum atomic E-state index is -0.956. The smallest absolute Gasteiger partial charge is 0.354 e. The molecular weight excluding hydrogens is 402 g/mol. The summed E-state index contributed by atoms with van der Waals surface area (Å²) in [5, 5.41) is 18.8. The number of nitrogens with one attached hydrogen (secondary N) is 1. The van der Waals surface area contributed by atoms with Crippen molar-refractivity contribution < 1.29 is 14.6 Å². The highest BCUT2D eigenvalue weighted by atomic mass is 35.5. The molecule has 1 fully saturated rings. The Hall–Kier alpha value is -2.83. The minimum Gasteiger partial charge on any atom is -0.497 e. The Labute approximate surface area is 180 Å². The average Bonchev–Trinajstić information content (AvgIpc) is 3.53. The summed E-state index contributed by atoms with van der Waals surface area (Å²) >= 11 is 6.09. The summed E-state index contributed by atoms with van der Waals surface area (Å²) in [4.78, 5) is 12.2. The van der Waals surface area contributed by atoms with Crippen LogP contribution in [0.2, 0.25) is 5.02 Å². The molecule has 0 bridgehead atoms. The van der Waals surface area contributed by atoms with Crippen LogP contribution in [0.15, 0.2) is 48.5 Å². The van der Waals surface area contributed by atoms with E-state index in [0.29, 0.717) is 17.1 Å². The van der Waals surface area contributed by atoms with Crippen molar-refractivity contribution in [3.8, 4) is 5.75 Å². The molecule has 1 atom stereocenters. The quantitative estimate of drug-likeness (QED) is 0.543. The molecule has 1 saturated carbocycles. The molecule has 0 aliphatic heterocycles. The summed E-state index contributed by atoms with van der Waals surface area (Å²) in [6.45, 7) is 2.43. The standard InChI is InChI=1S/C23H24ClN3O3/c1-14-20(22(23(28)29)27(26-14)18-9-10-18)21(16-5-7-17(24)8-6-16)25-13-15-3-11-19(30-2)12-4-15/h3-8,11-12,18,21,25H,9-10,13H2,1-2H3,(H,28,29). The van der Waals surface area contributed by atoms with Gasteiger partial charge in [0, 0.05) is 17.1 Å². The van der Waals surface area contributed by atoms with Gasteiger partial charge < -0.3 is 15.2 Å². The molecule has 0 amide bonds. The third kappa shape index (κ3) is 4.20. The largest absolute Gasteiger partial charge is 0.497 e. The Morgan fingerprint density at radius 1 is 1.23 bits per heavy atom. The van der Waals surface area contributed by atoms with Gasteiger partial charge in [0.15, 0.2) is 5.69 Å². The van der Waals surface area contributed by atoms with Gasteiger partial charge in [0.2, 0.25) is 0 Å². The van der Waals surface area contributed by atoms with Gasteiger partial charge in [-0.1, -0.05) is 35.9 Å². The number of halogens is 1. The van der Waals surface area contributed by atoms with E-state index < -0.39 is 5.97 Å². The van der Waals surface area contributed by atoms with Crippen LogP contribution in [0.25, 0.3) is 0 Å². The molecule has 2 aromatic carbocycles. The van der Waals surface area contributed by atoms with E-state index in [1.807, 2.05) is 55.5 Å². The number of hydrogen-bond acceptors (Lipinski definition) is 4. The zero-order valence-electron chi connectivity index (χ0n) is 16.9. The molecule has 7 heteroatoms. The first kappa shape index (κ1) is 20.4. The molecule has 1 unspecified atom stereocenters. The van der Waals surface area contributed by atoms with Crippen LogP contribution in [-0.4, -0.2) is 28.0 Å². The molecule has 3 aromatic rings. The van der Waals surface area contributed by atoms with Crippen LogP contribution in [-0.2, 0) is 6.54 Å². The lowest BCUT2D eigenvalue weighted by atomic mass is 9.96. The van der Waals surface area contributed by atoms with E-state index in [2.05, 4.69) is 10.4 Å². The van der Waals surface area contributed by atoms with Gasteiger partial charge in [-0.3, -0.25) is 4.68 Å². The minimum absolute atomic E-state index is 0.177. The van der Waals surface area contributed by atoms with Gasteiger partial charge in [-0.05, 0) is 55.2 Å². The second-order valence-electron chi connectivity index (χ2n) is 7.54. The summed E-state index contributed by atoms with van der Waals surface area (Å²) in [5.41, 5.74) is 3.69. The van der Waals surface area contributed by atoms with Gasteiger partial charge >= 0.3 is 5.97 Å². The second kappa shape index (κ2) is 8.50. The van der Waals surface area contributed by atoms with Crippen LogP contribution >= 0.6 is 11.6 Å². The Balaban J connectivity index is 1.72. The van der Waals surface area contributed by atoms with Crippen molar-refractivity contribution in [1.82, 2.24) is 15.1 Å². The van der Waals surface area contributed by atoms with Crippen molar-refractivity contribution in [2.45, 2.75) is 38.4 Å². The van der Waals surface area contributed by atoms with Crippen LogP contribution in [0.1, 0.15) is 57.8 Å². The summed E-state index contributed by atoms with van der Waals surface area (Å²) in [7, 11) is 1.64. The molecule has 0 saturated heterocycles. The Morgan fingerprint density at radius 3 is 2.47 bits per heavy atom. The number of carbonyl (C=O) groups is 1. The van der Waals surface area contributed by atoms with Crippen LogP contribution < -0.4 is 10.1 Å². The Morgan fingerprint density at radius 2 is 1.90 bits per heavy atom. The van der Waals surface area contributed by atoms with E-state index in [9.17, 15) is 9.90 Å². The predicted molar refractivity (Wildman–Crippen MR) is 115 cm³/mol. The summed E-state index contributed by atoms with van der Waals surface area (Å²) in [5.74, 6) is -0.162. The Bertz CT molecular complexity index is 1040. The molecule has 1 aliphatic carbocycles. The van der Waals surface area contributed by atoms with Crippen molar-refractivity contribution in [2.75, 3.05) is 7.11 Å². The number of rotatable bonds is 8. The fourth-order valence-corrected chi connectivity index (χ4v) is 3.83. The Kier molecular flexibility index (Phi) is 5.79. The normalized spacial score (nSPS) is 14.5. The second-order valence-corrected chi connectivity index (χ2v) is 7.98. The maximum absolute atomic E-state index is 12.2. The lowest BCUT2D eigenvalue weighted by Crippen LogP contribution is -2.25. The molecule has 6 nitrogen and oxygen atoms in total. The van der Waals surface area contributed by atoms with E-state index in [4.69, 9.17) is 16.3 Å². The zero-order valence-corrected chi connectivity index (χ0v) is 17.7. The molecule has 4 rings (SSSR count). The maximum Gasteiger partial charge on any atom is 0.354 e. The van der Waals surface area contributed by atoms with Gasteiger partial charge in [0.05, 0.1) is 24.9 Å². The number of nitrogens with zero attached hydrogens (tertiary/aromatic N) is 2. The average molecular weight is 426 g/mol. The summed E-state index contributed by atoms with van der Waals surface area (Å²) in [6.07, 6.45) is 1.93. The van der Waals surface area contributed by atoms with Gasteiger partial charge in [-0.15, -0.1) is 0 Å². The number of aryl methyl sites for hydroxylation is 1. The fourth-order valence-electron chi connectivity index (χ4n) is 3.71. The maximum atomic E-state index is 12.2. The van der Waals surface area contributed by atoms with Crippen molar-refractivity contribution in [2.24, 2.45) is 0 Å². The molecular formula is C23H24ClN3O3. The number of carboxylic acids is 1. The number of ether oxygens (including phenoxy) is 1. The number of hydrogen-bond donors (Lipinski definition) is 2. The van der Waals surface area contributed by atoms with Crippen molar-refractivity contribution in [1.29, 1.82) is 0 Å². The predicted octanol–water partition coefficient (Wildman–Crippen LogP) is 4.77. The number of aromatic carboxylic acids is 1. The number of aromatic nitrogens is 2. The number of carboxylic acid groups (broad SMARTS) is 1. The first-order valence-electron chi connectivity index (χ1n) is 9.92. The number of benzene rings is 2. The van der Waals surface area contributed by atoms with E-state index in [1.54, 1.807) is 11.8 Å². The highest BCUT2D eigenvalue weighted by molar-refractivity contribution is 6.30. The first-order chi connectivity index (χ1) is 14.5. The van der Waals surface area contributed by atoms with E-state index in [1.165, 1.54) is 0 Å². The van der Waals surface area contributed by atoms with Gasteiger partial charge in [-0.25, -0.2) is 4.79 Å².